The predicted molar refractivity (Wildman–Crippen MR) is 2.06 cm³/mol. The second kappa shape index (κ2) is 2.36. The van der Waals surface area contributed by atoms with Crippen molar-refractivity contribution in [2.45, 2.75) is 0 Å². The second-order valence-electron chi connectivity index (χ2n) is 0.378. The van der Waals surface area contributed by atoms with E-state index in [2.05, 4.69) is 0 Å². The summed E-state index contributed by atoms with van der Waals surface area (Å²) in [5.41, 5.74) is 0. The summed E-state index contributed by atoms with van der Waals surface area (Å²) in [4.78, 5) is 0. The Morgan fingerprint density at radius 1 is 1.17 bits per heavy atom. The van der Waals surface area contributed by atoms with Crippen molar-refractivity contribution < 1.29 is 41.1 Å². The average molecular weight is 154 g/mol. The van der Waals surface area contributed by atoms with Crippen molar-refractivity contribution in [2.75, 3.05) is 0 Å². The average Bonchev–Trinajstić information content (AvgIpc) is 0.722. The van der Waals surface area contributed by atoms with Gasteiger partial charge in [0, 0.05) is 0 Å². The summed E-state index contributed by atoms with van der Waals surface area (Å²) < 4.78 is 34.3. The summed E-state index contributed by atoms with van der Waals surface area (Å²) in [6.45, 7) is 0. The second-order valence-corrected chi connectivity index (χ2v) is 1.56. The summed E-state index contributed by atoms with van der Waals surface area (Å²) in [6.07, 6.45) is 0. The van der Waals surface area contributed by atoms with Crippen LogP contribution in [0.25, 0.3) is 0 Å². The first-order valence-corrected chi connectivity index (χ1v) is 2.54. The van der Waals surface area contributed by atoms with E-state index in [0.717, 1.165) is 0 Å². The molecule has 0 heterocycles. The Bertz CT molecular complexity index is 129. The molecule has 0 aromatic rings. The Hall–Kier alpha value is 0.169. The zero-order valence-electron chi connectivity index (χ0n) is 2.39. The van der Waals surface area contributed by atoms with Gasteiger partial charge in [-0.2, -0.15) is 0 Å². The molecule has 2 radical (unpaired) electrons. The molecule has 0 aliphatic heterocycles. The number of hydrogen-bond acceptors (Lipinski definition) is 4. The zero-order valence-corrected chi connectivity index (χ0v) is 4.33. The molecule has 0 rings (SSSR count). The topological polar surface area (TPSA) is 74.3 Å². The van der Waals surface area contributed by atoms with E-state index in [9.17, 15) is 0 Å². The minimum atomic E-state index is -5.62. The van der Waals surface area contributed by atoms with E-state index in [1.54, 1.807) is 0 Å². The molecule has 0 unspecified atom stereocenters. The van der Waals surface area contributed by atoms with Gasteiger partial charge in [-0.25, -0.2) is 0 Å². The number of hydrogen-bond donors (Lipinski definition) is 0. The van der Waals surface area contributed by atoms with Gasteiger partial charge in [-0.05, 0) is 0 Å². The fraction of sp³-hybridized carbons (Fsp3) is 0. The summed E-state index contributed by atoms with van der Waals surface area (Å²) >= 11 is -5.62. The first kappa shape index (κ1) is 9.48. The van der Waals surface area contributed by atoms with Crippen LogP contribution in [0, 0.1) is 12.4 Å². The minimum absolute atomic E-state index is 0. The van der Waals surface area contributed by atoms with Crippen molar-refractivity contribution in [1.29, 1.82) is 0 Å². The van der Waals surface area contributed by atoms with Gasteiger partial charge in [-0.1, -0.05) is 0 Å². The fourth-order valence-corrected chi connectivity index (χ4v) is 0. The third kappa shape index (κ3) is 1460. The summed E-state index contributed by atoms with van der Waals surface area (Å²) in [6, 6.07) is 0. The summed E-state index contributed by atoms with van der Waals surface area (Å²) in [5.74, 6) is 0. The van der Waals surface area contributed by atoms with Crippen LogP contribution >= 0.6 is 0 Å². The summed E-state index contributed by atoms with van der Waals surface area (Å²) in [5, 5.41) is 0. The molecule has 0 amide bonds. The molecule has 0 N–H and O–H groups in total. The van der Waals surface area contributed by atoms with Gasteiger partial charge in [0.15, 0.2) is 0 Å². The van der Waals surface area contributed by atoms with Gasteiger partial charge >= 0.3 is 41.1 Å². The monoisotopic (exact) mass is 154 g/mol. The molecule has 38 valence electrons. The van der Waals surface area contributed by atoms with Gasteiger partial charge < -0.3 is 0 Å². The van der Waals surface area contributed by atoms with Crippen LogP contribution in [0.5, 0.6) is 0 Å². The molecule has 0 aliphatic carbocycles. The SMILES string of the molecule is [Cl+].[O]=[Mn](=[O])(=[O])[O-]. The molecular formula is ClMnO4. The van der Waals surface area contributed by atoms with Gasteiger partial charge in [0.1, 0.15) is 0 Å². The van der Waals surface area contributed by atoms with E-state index in [-0.39, 0.29) is 12.4 Å². The normalized spacial score (nSPS) is 9.50. The maximum atomic E-state index is 8.58. The maximum absolute atomic E-state index is 8.58. The van der Waals surface area contributed by atoms with Crippen molar-refractivity contribution >= 4 is 0 Å². The van der Waals surface area contributed by atoms with E-state index >= 15 is 0 Å². The van der Waals surface area contributed by atoms with Crippen molar-refractivity contribution in [3.05, 3.63) is 0 Å². The third-order valence-corrected chi connectivity index (χ3v) is 0. The van der Waals surface area contributed by atoms with Crippen molar-refractivity contribution in [3.63, 3.8) is 0 Å². The van der Waals surface area contributed by atoms with Crippen LogP contribution < -0.4 is 4.19 Å². The molecule has 0 atom stereocenters. The number of halogens is 1. The molecule has 0 saturated heterocycles. The van der Waals surface area contributed by atoms with E-state index in [0.29, 0.717) is 0 Å². The van der Waals surface area contributed by atoms with E-state index in [1.807, 2.05) is 0 Å². The van der Waals surface area contributed by atoms with Crippen LogP contribution in [0.1, 0.15) is 0 Å². The molecule has 0 aromatic carbocycles. The molecule has 0 fully saturated rings. The summed E-state index contributed by atoms with van der Waals surface area (Å²) in [7, 11) is 0. The van der Waals surface area contributed by atoms with Crippen molar-refractivity contribution in [1.82, 2.24) is 0 Å². The Morgan fingerprint density at radius 3 is 1.17 bits per heavy atom. The molecule has 0 aliphatic rings. The Morgan fingerprint density at radius 2 is 1.17 bits per heavy atom. The van der Waals surface area contributed by atoms with Gasteiger partial charge in [-0.3, -0.25) is 0 Å². The molecule has 0 bridgehead atoms. The predicted octanol–water partition coefficient (Wildman–Crippen LogP) is -1.55. The zero-order chi connectivity index (χ0) is 4.50. The Balaban J connectivity index is 0. The fourth-order valence-electron chi connectivity index (χ4n) is 0. The van der Waals surface area contributed by atoms with Gasteiger partial charge in [0.05, 0.1) is 0 Å². The van der Waals surface area contributed by atoms with Crippen molar-refractivity contribution in [3.8, 4) is 0 Å². The van der Waals surface area contributed by atoms with E-state index in [1.165, 1.54) is 0 Å². The molecule has 6 heteroatoms. The van der Waals surface area contributed by atoms with E-state index in [4.69, 9.17) is 15.7 Å². The number of rotatable bonds is 0. The first-order chi connectivity index (χ1) is 2.00. The first-order valence-electron chi connectivity index (χ1n) is 0.617. The molecule has 0 aromatic heterocycles. The Kier molecular flexibility index (Phi) is 3.73. The van der Waals surface area contributed by atoms with Crippen LogP contribution in [-0.4, -0.2) is 0 Å². The van der Waals surface area contributed by atoms with Gasteiger partial charge in [-0.15, -0.1) is 0 Å². The molecule has 0 spiro atoms. The van der Waals surface area contributed by atoms with Crippen LogP contribution in [0.4, 0.5) is 0 Å². The molecular weight excluding hydrogens is 154 g/mol. The van der Waals surface area contributed by atoms with Crippen molar-refractivity contribution in [2.24, 2.45) is 0 Å². The van der Waals surface area contributed by atoms with Gasteiger partial charge in [0.25, 0.3) is 0 Å². The van der Waals surface area contributed by atoms with Crippen LogP contribution in [0.3, 0.4) is 0 Å². The molecule has 0 saturated carbocycles. The van der Waals surface area contributed by atoms with Crippen LogP contribution in [0.2, 0.25) is 0 Å². The van der Waals surface area contributed by atoms with Crippen LogP contribution in [0.15, 0.2) is 0 Å². The third-order valence-electron chi connectivity index (χ3n) is 0. The van der Waals surface area contributed by atoms with Crippen LogP contribution in [-0.2, 0) is 24.5 Å². The molecule has 6 heavy (non-hydrogen) atoms. The molecule has 4 nitrogen and oxygen atoms in total. The standard InChI is InChI=1S/Cl.Mn.4O/q+1;;;;;-1. The van der Waals surface area contributed by atoms with E-state index < -0.39 is 13.0 Å². The van der Waals surface area contributed by atoms with Gasteiger partial charge in [0.2, 0.25) is 0 Å². The Labute approximate surface area is 41.7 Å². The quantitative estimate of drug-likeness (QED) is 0.396.